The number of phosphoric acid groups is 2. The second kappa shape index (κ2) is 61.3. The van der Waals surface area contributed by atoms with Gasteiger partial charge in [-0.05, 0) is 37.5 Å². The lowest BCUT2D eigenvalue weighted by molar-refractivity contribution is -0.161. The summed E-state index contributed by atoms with van der Waals surface area (Å²) in [7, 11) is -9.89. The number of rotatable bonds is 68. The van der Waals surface area contributed by atoms with Crippen molar-refractivity contribution in [2.24, 2.45) is 11.8 Å². The van der Waals surface area contributed by atoms with Gasteiger partial charge >= 0.3 is 39.5 Å². The number of esters is 4. The third-order valence-corrected chi connectivity index (χ3v) is 18.2. The summed E-state index contributed by atoms with van der Waals surface area (Å²) in [5.41, 5.74) is 0. The summed E-state index contributed by atoms with van der Waals surface area (Å²) in [6.45, 7) is 9.42. The van der Waals surface area contributed by atoms with Crippen molar-refractivity contribution >= 4 is 39.5 Å². The summed E-state index contributed by atoms with van der Waals surface area (Å²) in [6.07, 6.45) is 46.1. The zero-order valence-electron chi connectivity index (χ0n) is 57.0. The lowest BCUT2D eigenvalue weighted by Crippen LogP contribution is -2.30. The number of hydrogen-bond acceptors (Lipinski definition) is 15. The Kier molecular flexibility index (Phi) is 59.9. The molecule has 0 aromatic heterocycles. The van der Waals surface area contributed by atoms with Crippen LogP contribution in [0.2, 0.25) is 0 Å². The molecule has 6 atom stereocenters. The van der Waals surface area contributed by atoms with Crippen molar-refractivity contribution in [3.63, 3.8) is 0 Å². The van der Waals surface area contributed by atoms with E-state index >= 15 is 0 Å². The number of unbranched alkanes of at least 4 members (excludes halogenated alkanes) is 37. The third kappa shape index (κ3) is 61.6. The minimum Gasteiger partial charge on any atom is -0.462 e. The molecule has 522 valence electrons. The van der Waals surface area contributed by atoms with Gasteiger partial charge in [0.15, 0.2) is 12.2 Å². The van der Waals surface area contributed by atoms with Crippen molar-refractivity contribution in [1.82, 2.24) is 0 Å². The maximum Gasteiger partial charge on any atom is 0.472 e. The predicted molar refractivity (Wildman–Crippen MR) is 354 cm³/mol. The molecule has 0 rings (SSSR count). The Bertz CT molecular complexity index is 1720. The van der Waals surface area contributed by atoms with E-state index in [1.165, 1.54) is 161 Å². The van der Waals surface area contributed by atoms with E-state index in [-0.39, 0.29) is 25.7 Å². The number of carbonyl (C=O) groups excluding carboxylic acids is 4. The standard InChI is InChI=1S/C69H134O17P2/c1-7-10-12-14-16-18-19-20-21-22-23-24-25-26-27-29-33-41-47-53-68(73)85-64(57-80-67(72)52-46-40-34-30-31-37-43-49-61(4)5)59-83-87(75,76)81-55-63(70)56-82-88(77,78)84-60-65(58-79-66(71)51-45-39-32-28-17-15-13-11-8-2)86-69(74)54-48-42-36-35-38-44-50-62(6)9-3/h61-65,70H,7-60H2,1-6H3,(H,75,76)(H,77,78)/t62?,63-,64-,65-/m1/s1. The molecule has 0 fully saturated rings. The number of carbonyl (C=O) groups is 4. The van der Waals surface area contributed by atoms with Crippen LogP contribution < -0.4 is 0 Å². The van der Waals surface area contributed by atoms with Gasteiger partial charge in [-0.3, -0.25) is 37.3 Å². The molecule has 0 aliphatic rings. The first-order valence-electron chi connectivity index (χ1n) is 36.0. The van der Waals surface area contributed by atoms with Crippen LogP contribution in [0.3, 0.4) is 0 Å². The third-order valence-electron chi connectivity index (χ3n) is 16.3. The Labute approximate surface area is 537 Å². The van der Waals surface area contributed by atoms with Crippen molar-refractivity contribution < 1.29 is 80.2 Å². The second-order valence-corrected chi connectivity index (χ2v) is 28.5. The molecular weight excluding hydrogens is 1160 g/mol. The van der Waals surface area contributed by atoms with Crippen LogP contribution in [0, 0.1) is 11.8 Å². The minimum absolute atomic E-state index is 0.103. The van der Waals surface area contributed by atoms with Crippen LogP contribution in [-0.2, 0) is 65.4 Å². The van der Waals surface area contributed by atoms with E-state index in [2.05, 4.69) is 41.5 Å². The smallest absolute Gasteiger partial charge is 0.462 e. The molecule has 0 aromatic carbocycles. The van der Waals surface area contributed by atoms with Gasteiger partial charge in [0.2, 0.25) is 0 Å². The summed E-state index contributed by atoms with van der Waals surface area (Å²) in [5, 5.41) is 10.6. The van der Waals surface area contributed by atoms with E-state index < -0.39 is 97.5 Å². The predicted octanol–water partition coefficient (Wildman–Crippen LogP) is 19.6. The van der Waals surface area contributed by atoms with E-state index in [0.717, 1.165) is 102 Å². The maximum absolute atomic E-state index is 13.0. The molecule has 0 aliphatic carbocycles. The van der Waals surface area contributed by atoms with Crippen molar-refractivity contribution in [3.8, 4) is 0 Å². The Balaban J connectivity index is 5.18. The van der Waals surface area contributed by atoms with E-state index in [4.69, 9.17) is 37.0 Å². The van der Waals surface area contributed by atoms with Crippen LogP contribution in [-0.4, -0.2) is 96.7 Å². The van der Waals surface area contributed by atoms with Crippen LogP contribution in [0.15, 0.2) is 0 Å². The van der Waals surface area contributed by atoms with Crippen molar-refractivity contribution in [3.05, 3.63) is 0 Å². The fourth-order valence-corrected chi connectivity index (χ4v) is 12.0. The van der Waals surface area contributed by atoms with Crippen molar-refractivity contribution in [2.45, 2.75) is 368 Å². The molecule has 19 heteroatoms. The maximum atomic E-state index is 13.0. The number of ether oxygens (including phenoxy) is 4. The van der Waals surface area contributed by atoms with Crippen LogP contribution in [0.5, 0.6) is 0 Å². The summed E-state index contributed by atoms with van der Waals surface area (Å²) in [5.74, 6) is -0.706. The van der Waals surface area contributed by atoms with E-state index in [0.29, 0.717) is 31.6 Å². The van der Waals surface area contributed by atoms with Gasteiger partial charge < -0.3 is 33.8 Å². The number of aliphatic hydroxyl groups is 1. The van der Waals surface area contributed by atoms with Crippen LogP contribution in [0.1, 0.15) is 350 Å². The molecule has 3 N–H and O–H groups in total. The first-order valence-corrected chi connectivity index (χ1v) is 39.0. The molecule has 3 unspecified atom stereocenters. The molecule has 0 amide bonds. The van der Waals surface area contributed by atoms with Crippen LogP contribution in [0.25, 0.3) is 0 Å². The van der Waals surface area contributed by atoms with Crippen LogP contribution in [0.4, 0.5) is 0 Å². The Morgan fingerprint density at radius 3 is 0.864 bits per heavy atom. The highest BCUT2D eigenvalue weighted by Crippen LogP contribution is 2.45. The molecule has 0 aromatic rings. The molecule has 88 heavy (non-hydrogen) atoms. The minimum atomic E-state index is -4.95. The summed E-state index contributed by atoms with van der Waals surface area (Å²) in [6, 6.07) is 0. The largest absolute Gasteiger partial charge is 0.472 e. The fraction of sp³-hybridized carbons (Fsp3) is 0.942. The average molecular weight is 1300 g/mol. The highest BCUT2D eigenvalue weighted by molar-refractivity contribution is 7.47. The molecule has 0 radical (unpaired) electrons. The van der Waals surface area contributed by atoms with E-state index in [9.17, 15) is 43.2 Å². The first kappa shape index (κ1) is 86.1. The second-order valence-electron chi connectivity index (χ2n) is 25.6. The molecule has 0 saturated heterocycles. The van der Waals surface area contributed by atoms with Gasteiger partial charge in [-0.2, -0.15) is 0 Å². The number of phosphoric ester groups is 2. The van der Waals surface area contributed by atoms with E-state index in [1.54, 1.807) is 0 Å². The topological polar surface area (TPSA) is 237 Å². The van der Waals surface area contributed by atoms with Gasteiger partial charge in [0.25, 0.3) is 0 Å². The SMILES string of the molecule is CCCCCCCCCCCCCCCCCCCCCC(=O)O[C@H](COC(=O)CCCCCCCCCC(C)C)COP(=O)(O)OC[C@@H](O)COP(=O)(O)OC[C@@H](COC(=O)CCCCCCCCCCC)OC(=O)CCCCCCCCC(C)CC. The molecule has 0 spiro atoms. The summed E-state index contributed by atoms with van der Waals surface area (Å²) < 4.78 is 68.1. The molecule has 0 aliphatic heterocycles. The Morgan fingerprint density at radius 2 is 0.580 bits per heavy atom. The highest BCUT2D eigenvalue weighted by Gasteiger charge is 2.30. The zero-order valence-corrected chi connectivity index (χ0v) is 58.8. The normalized spacial score (nSPS) is 14.5. The first-order chi connectivity index (χ1) is 42.4. The summed E-state index contributed by atoms with van der Waals surface area (Å²) in [4.78, 5) is 72.4. The van der Waals surface area contributed by atoms with Gasteiger partial charge in [-0.15, -0.1) is 0 Å². The van der Waals surface area contributed by atoms with Gasteiger partial charge in [0.1, 0.15) is 19.3 Å². The highest BCUT2D eigenvalue weighted by atomic mass is 31.2. The number of aliphatic hydroxyl groups excluding tert-OH is 1. The molecule has 17 nitrogen and oxygen atoms in total. The lowest BCUT2D eigenvalue weighted by atomic mass is 10.00. The van der Waals surface area contributed by atoms with Gasteiger partial charge in [0, 0.05) is 25.7 Å². The van der Waals surface area contributed by atoms with Gasteiger partial charge in [0.05, 0.1) is 26.4 Å². The average Bonchev–Trinajstić information content (AvgIpc) is 3.58. The molecular formula is C69H134O17P2. The van der Waals surface area contributed by atoms with E-state index in [1.807, 2.05) is 0 Å². The lowest BCUT2D eigenvalue weighted by Gasteiger charge is -2.21. The molecule has 0 saturated carbocycles. The molecule has 0 heterocycles. The Morgan fingerprint density at radius 1 is 0.330 bits per heavy atom. The van der Waals surface area contributed by atoms with Crippen molar-refractivity contribution in [1.29, 1.82) is 0 Å². The van der Waals surface area contributed by atoms with Gasteiger partial charge in [-0.1, -0.05) is 298 Å². The van der Waals surface area contributed by atoms with Gasteiger partial charge in [-0.25, -0.2) is 9.13 Å². The zero-order chi connectivity index (χ0) is 65.0. The number of hydrogen-bond donors (Lipinski definition) is 3. The Hall–Kier alpha value is -1.94. The molecule has 0 bridgehead atoms. The van der Waals surface area contributed by atoms with Crippen LogP contribution >= 0.6 is 15.6 Å². The van der Waals surface area contributed by atoms with Crippen molar-refractivity contribution in [2.75, 3.05) is 39.6 Å². The monoisotopic (exact) mass is 1300 g/mol. The summed E-state index contributed by atoms with van der Waals surface area (Å²) >= 11 is 0. The fourth-order valence-electron chi connectivity index (χ4n) is 10.4. The quantitative estimate of drug-likeness (QED) is 0.0222.